The number of hydrogen-bond donors (Lipinski definition) is 2. The molecular weight excluding hydrogens is 270 g/mol. The molecule has 1 fully saturated rings. The minimum absolute atomic E-state index is 0.644. The number of para-hydroxylation sites is 1. The Morgan fingerprint density at radius 2 is 2.05 bits per heavy atom. The molecular formula is C16H26ClN3. The average Bonchev–Trinajstić information content (AvgIpc) is 2.44. The fourth-order valence-electron chi connectivity index (χ4n) is 2.84. The van der Waals surface area contributed by atoms with Crippen LogP contribution in [-0.2, 0) is 6.54 Å². The molecule has 1 saturated heterocycles. The summed E-state index contributed by atoms with van der Waals surface area (Å²) in [6, 6.07) is 5.82. The van der Waals surface area contributed by atoms with Crippen LogP contribution in [0.1, 0.15) is 31.7 Å². The van der Waals surface area contributed by atoms with Crippen LogP contribution in [0.3, 0.4) is 0 Å². The van der Waals surface area contributed by atoms with Crippen molar-refractivity contribution < 1.29 is 0 Å². The first-order valence-corrected chi connectivity index (χ1v) is 8.00. The molecule has 1 aliphatic heterocycles. The molecule has 0 aromatic heterocycles. The van der Waals surface area contributed by atoms with Crippen LogP contribution in [0.2, 0.25) is 5.02 Å². The molecule has 4 heteroatoms. The van der Waals surface area contributed by atoms with Gasteiger partial charge in [-0.25, -0.2) is 0 Å². The zero-order valence-electron chi connectivity index (χ0n) is 12.4. The highest BCUT2D eigenvalue weighted by atomic mass is 35.5. The second-order valence-electron chi connectivity index (χ2n) is 5.91. The van der Waals surface area contributed by atoms with Gasteiger partial charge in [-0.05, 0) is 50.0 Å². The molecule has 112 valence electrons. The first-order valence-electron chi connectivity index (χ1n) is 7.62. The molecule has 0 spiro atoms. The minimum atomic E-state index is 0.644. The molecule has 1 aliphatic rings. The maximum absolute atomic E-state index is 6.02. The van der Waals surface area contributed by atoms with E-state index in [4.69, 9.17) is 17.3 Å². The number of rotatable bonds is 6. The summed E-state index contributed by atoms with van der Waals surface area (Å²) in [7, 11) is 0. The fourth-order valence-corrected chi connectivity index (χ4v) is 3.03. The lowest BCUT2D eigenvalue weighted by atomic mass is 10.1. The first-order chi connectivity index (χ1) is 9.66. The van der Waals surface area contributed by atoms with Crippen molar-refractivity contribution in [2.75, 3.05) is 31.9 Å². The first kappa shape index (κ1) is 15.6. The molecule has 0 aliphatic carbocycles. The second-order valence-corrected chi connectivity index (χ2v) is 6.32. The van der Waals surface area contributed by atoms with Gasteiger partial charge in [-0.2, -0.15) is 0 Å². The van der Waals surface area contributed by atoms with E-state index in [1.54, 1.807) is 0 Å². The average molecular weight is 296 g/mol. The van der Waals surface area contributed by atoms with E-state index in [1.165, 1.54) is 38.9 Å². The van der Waals surface area contributed by atoms with Gasteiger partial charge in [-0.3, -0.25) is 0 Å². The molecule has 3 N–H and O–H groups in total. The summed E-state index contributed by atoms with van der Waals surface area (Å²) < 4.78 is 0. The number of halogens is 1. The quantitative estimate of drug-likeness (QED) is 0.792. The summed E-state index contributed by atoms with van der Waals surface area (Å²) >= 11 is 6.02. The molecule has 0 saturated carbocycles. The van der Waals surface area contributed by atoms with Crippen molar-refractivity contribution >= 4 is 17.3 Å². The van der Waals surface area contributed by atoms with Crippen LogP contribution in [0, 0.1) is 5.92 Å². The van der Waals surface area contributed by atoms with Gasteiger partial charge in [0.1, 0.15) is 0 Å². The van der Waals surface area contributed by atoms with E-state index in [-0.39, 0.29) is 0 Å². The van der Waals surface area contributed by atoms with Gasteiger partial charge in [0, 0.05) is 13.1 Å². The van der Waals surface area contributed by atoms with Gasteiger partial charge in [0.2, 0.25) is 0 Å². The Hall–Kier alpha value is -0.770. The number of anilines is 1. The summed E-state index contributed by atoms with van der Waals surface area (Å²) in [5.41, 5.74) is 7.75. The fraction of sp³-hybridized carbons (Fsp3) is 0.625. The van der Waals surface area contributed by atoms with E-state index < -0.39 is 0 Å². The van der Waals surface area contributed by atoms with Crippen molar-refractivity contribution in [3.8, 4) is 0 Å². The summed E-state index contributed by atoms with van der Waals surface area (Å²) in [5.74, 6) is 0.661. The number of benzene rings is 1. The van der Waals surface area contributed by atoms with Gasteiger partial charge in [-0.1, -0.05) is 37.1 Å². The lowest BCUT2D eigenvalue weighted by Gasteiger charge is -2.29. The Balaban J connectivity index is 1.70. The van der Waals surface area contributed by atoms with E-state index in [0.29, 0.717) is 16.6 Å². The number of nitrogens with one attached hydrogen (secondary N) is 1. The highest BCUT2D eigenvalue weighted by Crippen LogP contribution is 2.22. The number of piperidine rings is 1. The lowest BCUT2D eigenvalue weighted by molar-refractivity contribution is 0.199. The van der Waals surface area contributed by atoms with Gasteiger partial charge in [0.05, 0.1) is 10.7 Å². The Kier molecular flexibility index (Phi) is 6.14. The molecule has 20 heavy (non-hydrogen) atoms. The normalized spacial score (nSPS) is 18.1. The Labute approximate surface area is 127 Å². The van der Waals surface area contributed by atoms with Crippen molar-refractivity contribution in [3.05, 3.63) is 28.8 Å². The van der Waals surface area contributed by atoms with Crippen LogP contribution in [0.4, 0.5) is 5.69 Å². The van der Waals surface area contributed by atoms with E-state index in [2.05, 4.69) is 17.1 Å². The molecule has 3 nitrogen and oxygen atoms in total. The SMILES string of the molecule is CC(CNCc1cccc(Cl)c1N)CN1CCCCC1. The second kappa shape index (κ2) is 7.87. The molecule has 1 heterocycles. The maximum atomic E-state index is 6.02. The predicted molar refractivity (Wildman–Crippen MR) is 87.0 cm³/mol. The Morgan fingerprint density at radius 3 is 2.80 bits per heavy atom. The summed E-state index contributed by atoms with van der Waals surface area (Å²) in [4.78, 5) is 2.59. The van der Waals surface area contributed by atoms with Gasteiger partial charge in [0.25, 0.3) is 0 Å². The van der Waals surface area contributed by atoms with Crippen LogP contribution in [-0.4, -0.2) is 31.1 Å². The van der Waals surface area contributed by atoms with Crippen molar-refractivity contribution in [2.45, 2.75) is 32.7 Å². The van der Waals surface area contributed by atoms with E-state index in [1.807, 2.05) is 18.2 Å². The van der Waals surface area contributed by atoms with Crippen LogP contribution in [0.25, 0.3) is 0 Å². The van der Waals surface area contributed by atoms with Crippen molar-refractivity contribution in [1.82, 2.24) is 10.2 Å². The molecule has 0 amide bonds. The molecule has 0 bridgehead atoms. The number of nitrogens with zero attached hydrogens (tertiary/aromatic N) is 1. The number of hydrogen-bond acceptors (Lipinski definition) is 3. The topological polar surface area (TPSA) is 41.3 Å². The third-order valence-corrected chi connectivity index (χ3v) is 4.30. The van der Waals surface area contributed by atoms with Gasteiger partial charge in [0.15, 0.2) is 0 Å². The number of nitrogen functional groups attached to an aromatic ring is 1. The van der Waals surface area contributed by atoms with E-state index in [9.17, 15) is 0 Å². The van der Waals surface area contributed by atoms with Gasteiger partial charge >= 0.3 is 0 Å². The number of nitrogens with two attached hydrogens (primary N) is 1. The summed E-state index contributed by atoms with van der Waals surface area (Å²) in [6.45, 7) is 7.84. The standard InChI is InChI=1S/C16H26ClN3/c1-13(12-20-8-3-2-4-9-20)10-19-11-14-6-5-7-15(17)16(14)18/h5-7,13,19H,2-4,8-12,18H2,1H3. The van der Waals surface area contributed by atoms with Gasteiger partial charge in [-0.15, -0.1) is 0 Å². The third kappa shape index (κ3) is 4.65. The highest BCUT2D eigenvalue weighted by Gasteiger charge is 2.13. The summed E-state index contributed by atoms with van der Waals surface area (Å²) in [5, 5.41) is 4.14. The largest absolute Gasteiger partial charge is 0.397 e. The van der Waals surface area contributed by atoms with Crippen molar-refractivity contribution in [1.29, 1.82) is 0 Å². The van der Waals surface area contributed by atoms with Crippen LogP contribution < -0.4 is 11.1 Å². The highest BCUT2D eigenvalue weighted by molar-refractivity contribution is 6.33. The maximum Gasteiger partial charge on any atom is 0.0638 e. The zero-order valence-corrected chi connectivity index (χ0v) is 13.1. The molecule has 1 atom stereocenters. The predicted octanol–water partition coefficient (Wildman–Crippen LogP) is 3.13. The molecule has 1 aromatic rings. The van der Waals surface area contributed by atoms with Gasteiger partial charge < -0.3 is 16.0 Å². The minimum Gasteiger partial charge on any atom is -0.397 e. The van der Waals surface area contributed by atoms with Crippen molar-refractivity contribution in [3.63, 3.8) is 0 Å². The van der Waals surface area contributed by atoms with Crippen LogP contribution >= 0.6 is 11.6 Å². The van der Waals surface area contributed by atoms with Crippen LogP contribution in [0.5, 0.6) is 0 Å². The van der Waals surface area contributed by atoms with Crippen molar-refractivity contribution in [2.24, 2.45) is 5.92 Å². The lowest BCUT2D eigenvalue weighted by Crippen LogP contribution is -2.36. The monoisotopic (exact) mass is 295 g/mol. The molecule has 1 unspecified atom stereocenters. The molecule has 0 radical (unpaired) electrons. The Bertz CT molecular complexity index is 416. The molecule has 2 rings (SSSR count). The zero-order chi connectivity index (χ0) is 14.4. The third-order valence-electron chi connectivity index (χ3n) is 3.97. The molecule has 1 aromatic carbocycles. The van der Waals surface area contributed by atoms with Crippen LogP contribution in [0.15, 0.2) is 18.2 Å². The number of likely N-dealkylation sites (tertiary alicyclic amines) is 1. The smallest absolute Gasteiger partial charge is 0.0638 e. The Morgan fingerprint density at radius 1 is 1.30 bits per heavy atom. The van der Waals surface area contributed by atoms with E-state index in [0.717, 1.165) is 18.7 Å². The summed E-state index contributed by atoms with van der Waals surface area (Å²) in [6.07, 6.45) is 4.12. The van der Waals surface area contributed by atoms with E-state index >= 15 is 0 Å².